The fraction of sp³-hybridized carbons (Fsp3) is 0.316. The Morgan fingerprint density at radius 1 is 1.03 bits per heavy atom. The zero-order valence-corrected chi connectivity index (χ0v) is 16.6. The Morgan fingerprint density at radius 2 is 1.58 bits per heavy atom. The van der Waals surface area contributed by atoms with Crippen molar-refractivity contribution in [1.29, 1.82) is 0 Å². The minimum Gasteiger partial charge on any atom is -0.478 e. The highest BCUT2D eigenvalue weighted by Gasteiger charge is 2.36. The highest BCUT2D eigenvalue weighted by Crippen LogP contribution is 2.31. The van der Waals surface area contributed by atoms with Crippen molar-refractivity contribution in [3.05, 3.63) is 53.6 Å². The van der Waals surface area contributed by atoms with Crippen LogP contribution in [0.3, 0.4) is 0 Å². The van der Waals surface area contributed by atoms with Gasteiger partial charge >= 0.3 is 12.4 Å². The number of aliphatic imine (C=N–C) groups is 1. The third-order valence-corrected chi connectivity index (χ3v) is 3.69. The lowest BCUT2D eigenvalue weighted by molar-refractivity contribution is -0.138. The van der Waals surface area contributed by atoms with Gasteiger partial charge < -0.3 is 4.74 Å². The van der Waals surface area contributed by atoms with Gasteiger partial charge in [-0.1, -0.05) is 12.7 Å². The van der Waals surface area contributed by atoms with Crippen LogP contribution in [0.4, 0.5) is 26.3 Å². The van der Waals surface area contributed by atoms with E-state index in [1.54, 1.807) is 0 Å². The van der Waals surface area contributed by atoms with Crippen LogP contribution in [-0.4, -0.2) is 36.9 Å². The van der Waals surface area contributed by atoms with E-state index in [2.05, 4.69) is 11.6 Å². The number of carbonyl (C=O) groups excluding carboxylic acids is 2. The smallest absolute Gasteiger partial charge is 0.417 e. The molecule has 2 amide bonds. The van der Waals surface area contributed by atoms with Crippen LogP contribution < -0.4 is 15.6 Å². The normalized spacial score (nSPS) is 13.5. The Kier molecular flexibility index (Phi) is 8.02. The lowest BCUT2D eigenvalue weighted by atomic mass is 10.1. The number of hydrogen-bond donors (Lipinski definition) is 2. The van der Waals surface area contributed by atoms with E-state index < -0.39 is 46.5 Å². The number of nitrogens with zero attached hydrogens (tertiary/aromatic N) is 1. The number of hydrogen-bond acceptors (Lipinski definition) is 4. The second-order valence-electron chi connectivity index (χ2n) is 6.46. The molecule has 2 N–H and O–H groups in total. The van der Waals surface area contributed by atoms with Crippen molar-refractivity contribution in [3.8, 4) is 5.75 Å². The minimum atomic E-state index is -4.90. The summed E-state index contributed by atoms with van der Waals surface area (Å²) in [5.74, 6) is -2.39. The molecule has 0 aromatic heterocycles. The van der Waals surface area contributed by atoms with Crippen LogP contribution in [0.5, 0.6) is 5.75 Å². The Morgan fingerprint density at radius 3 is 2.00 bits per heavy atom. The largest absolute Gasteiger partial charge is 0.478 e. The summed E-state index contributed by atoms with van der Waals surface area (Å²) in [5, 5.41) is 0. The molecule has 0 radical (unpaired) electrons. The SMILES string of the molecule is C=C/C(=C(\C=NC)C(=O)NNC(=O)C(C)(C)Oc1ccc(C(F)(F)F)cc1)C(F)(F)F. The van der Waals surface area contributed by atoms with Gasteiger partial charge in [0.05, 0.1) is 16.7 Å². The third kappa shape index (κ3) is 7.15. The van der Waals surface area contributed by atoms with Crippen LogP contribution in [0.25, 0.3) is 0 Å². The molecule has 1 aromatic carbocycles. The molecular weight excluding hydrogens is 432 g/mol. The first kappa shape index (κ1) is 25.7. The number of benzene rings is 1. The lowest BCUT2D eigenvalue weighted by Gasteiger charge is -2.25. The molecule has 0 saturated heterocycles. The third-order valence-electron chi connectivity index (χ3n) is 3.69. The zero-order valence-electron chi connectivity index (χ0n) is 16.6. The van der Waals surface area contributed by atoms with Crippen LogP contribution in [0.2, 0.25) is 0 Å². The maximum atomic E-state index is 13.0. The number of rotatable bonds is 6. The highest BCUT2D eigenvalue weighted by molar-refractivity contribution is 6.13. The first-order valence-corrected chi connectivity index (χ1v) is 8.46. The number of ether oxygens (including phenoxy) is 1. The summed E-state index contributed by atoms with van der Waals surface area (Å²) >= 11 is 0. The lowest BCUT2D eigenvalue weighted by Crippen LogP contribution is -2.53. The van der Waals surface area contributed by atoms with Crippen molar-refractivity contribution in [2.75, 3.05) is 7.05 Å². The fourth-order valence-corrected chi connectivity index (χ4v) is 2.14. The van der Waals surface area contributed by atoms with Crippen molar-refractivity contribution in [2.45, 2.75) is 31.8 Å². The van der Waals surface area contributed by atoms with E-state index in [9.17, 15) is 35.9 Å². The number of amides is 2. The van der Waals surface area contributed by atoms with Crippen LogP contribution >= 0.6 is 0 Å². The summed E-state index contributed by atoms with van der Waals surface area (Å²) in [5.41, 5.74) is -1.18. The van der Waals surface area contributed by atoms with Crippen LogP contribution in [-0.2, 0) is 15.8 Å². The van der Waals surface area contributed by atoms with Crippen molar-refractivity contribution >= 4 is 18.0 Å². The molecule has 6 nitrogen and oxygen atoms in total. The second kappa shape index (κ2) is 9.67. The van der Waals surface area contributed by atoms with Crippen molar-refractivity contribution in [3.63, 3.8) is 0 Å². The molecular formula is C19H19F6N3O3. The Balaban J connectivity index is 2.93. The van der Waals surface area contributed by atoms with Gasteiger partial charge in [-0.2, -0.15) is 26.3 Å². The monoisotopic (exact) mass is 451 g/mol. The molecule has 0 aliphatic heterocycles. The molecule has 0 aliphatic rings. The predicted octanol–water partition coefficient (Wildman–Crippen LogP) is 3.76. The molecule has 31 heavy (non-hydrogen) atoms. The molecule has 1 aromatic rings. The summed E-state index contributed by atoms with van der Waals surface area (Å²) < 4.78 is 82.3. The van der Waals surface area contributed by atoms with Gasteiger partial charge in [-0.25, -0.2) is 0 Å². The van der Waals surface area contributed by atoms with E-state index in [0.29, 0.717) is 12.3 Å². The highest BCUT2D eigenvalue weighted by atomic mass is 19.4. The molecule has 0 unspecified atom stereocenters. The first-order valence-electron chi connectivity index (χ1n) is 8.46. The standard InChI is InChI=1S/C19H19F6N3O3/c1-5-14(19(23,24)25)13(10-26-4)15(29)27-28-16(30)17(2,3)31-12-8-6-11(7-9-12)18(20,21)22/h5-10H,1H2,2-4H3,(H,27,29)(H,28,30)/b14-13-,26-10?. The molecule has 0 fully saturated rings. The molecule has 1 rings (SSSR count). The van der Waals surface area contributed by atoms with Crippen LogP contribution in [0.1, 0.15) is 19.4 Å². The molecule has 0 saturated carbocycles. The number of halogens is 6. The van der Waals surface area contributed by atoms with Gasteiger partial charge in [0.15, 0.2) is 5.60 Å². The van der Waals surface area contributed by atoms with Crippen molar-refractivity contribution in [1.82, 2.24) is 10.9 Å². The molecule has 0 atom stereocenters. The maximum Gasteiger partial charge on any atom is 0.417 e. The summed E-state index contributed by atoms with van der Waals surface area (Å²) in [4.78, 5) is 27.8. The van der Waals surface area contributed by atoms with E-state index >= 15 is 0 Å². The number of nitrogens with one attached hydrogen (secondary N) is 2. The molecule has 0 spiro atoms. The van der Waals surface area contributed by atoms with Gasteiger partial charge in [-0.3, -0.25) is 25.4 Å². The van der Waals surface area contributed by atoms with E-state index in [0.717, 1.165) is 31.3 Å². The number of alkyl halides is 6. The maximum absolute atomic E-state index is 13.0. The van der Waals surface area contributed by atoms with Crippen molar-refractivity contribution in [2.24, 2.45) is 4.99 Å². The van der Waals surface area contributed by atoms with Crippen LogP contribution in [0, 0.1) is 0 Å². The van der Waals surface area contributed by atoms with Crippen molar-refractivity contribution < 1.29 is 40.7 Å². The van der Waals surface area contributed by atoms with Gasteiger partial charge in [-0.15, -0.1) is 0 Å². The predicted molar refractivity (Wildman–Crippen MR) is 100 cm³/mol. The average molecular weight is 451 g/mol. The Hall–Kier alpha value is -3.31. The van der Waals surface area contributed by atoms with E-state index in [4.69, 9.17) is 4.74 Å². The van der Waals surface area contributed by atoms with Crippen LogP contribution in [0.15, 0.2) is 53.1 Å². The number of carbonyl (C=O) groups is 2. The van der Waals surface area contributed by atoms with E-state index in [1.165, 1.54) is 13.8 Å². The van der Waals surface area contributed by atoms with E-state index in [-0.39, 0.29) is 5.75 Å². The van der Waals surface area contributed by atoms with E-state index in [1.807, 2.05) is 10.9 Å². The summed E-state index contributed by atoms with van der Waals surface area (Å²) in [7, 11) is 1.14. The summed E-state index contributed by atoms with van der Waals surface area (Å²) in [6, 6.07) is 3.49. The van der Waals surface area contributed by atoms with Gasteiger partial charge in [0.25, 0.3) is 11.8 Å². The van der Waals surface area contributed by atoms with Gasteiger partial charge in [0.1, 0.15) is 5.75 Å². The Bertz CT molecular complexity index is 885. The zero-order chi connectivity index (χ0) is 24.0. The molecule has 170 valence electrons. The molecule has 0 heterocycles. The quantitative estimate of drug-likeness (QED) is 0.227. The second-order valence-corrected chi connectivity index (χ2v) is 6.46. The summed E-state index contributed by atoms with van der Waals surface area (Å²) in [6.45, 7) is 5.49. The topological polar surface area (TPSA) is 79.8 Å². The number of hydrazine groups is 1. The van der Waals surface area contributed by atoms with Gasteiger partial charge in [0, 0.05) is 13.3 Å². The molecule has 0 aliphatic carbocycles. The Labute approximate surface area is 173 Å². The fourth-order valence-electron chi connectivity index (χ4n) is 2.14. The number of allylic oxidation sites excluding steroid dienone is 2. The molecule has 12 heteroatoms. The van der Waals surface area contributed by atoms with Gasteiger partial charge in [-0.05, 0) is 38.1 Å². The summed E-state index contributed by atoms with van der Waals surface area (Å²) in [6.07, 6.45) is -8.38. The average Bonchev–Trinajstić information content (AvgIpc) is 2.64. The first-order chi connectivity index (χ1) is 14.1. The molecule has 0 bridgehead atoms. The van der Waals surface area contributed by atoms with Gasteiger partial charge in [0.2, 0.25) is 0 Å². The minimum absolute atomic E-state index is 0.0795.